The smallest absolute Gasteiger partial charge is 0.175 e. The summed E-state index contributed by atoms with van der Waals surface area (Å²) in [7, 11) is 0. The normalized spacial score (nSPS) is 69.1. The Morgan fingerprint density at radius 3 is 2.46 bits per heavy atom. The third-order valence-corrected chi connectivity index (χ3v) is 10.1. The van der Waals surface area contributed by atoms with Crippen LogP contribution < -0.4 is 0 Å². The quantitative estimate of drug-likeness (QED) is 0.478. The molecule has 4 unspecified atom stereocenters. The highest BCUT2D eigenvalue weighted by Gasteiger charge is 2.92. The van der Waals surface area contributed by atoms with Crippen molar-refractivity contribution in [1.82, 2.24) is 0 Å². The summed E-state index contributed by atoms with van der Waals surface area (Å²) < 4.78 is 6.24. The van der Waals surface area contributed by atoms with Crippen LogP contribution in [0, 0.1) is 40.4 Å². The Morgan fingerprint density at radius 2 is 1.85 bits per heavy atom. The van der Waals surface area contributed by atoms with Crippen molar-refractivity contribution < 1.29 is 30.3 Å². The van der Waals surface area contributed by atoms with Crippen LogP contribution >= 0.6 is 0 Å². The van der Waals surface area contributed by atoms with Gasteiger partial charge in [0.25, 0.3) is 0 Å². The number of aliphatic hydroxyl groups excluding tert-OH is 2. The number of hydrogen-bond donors (Lipinski definition) is 5. The van der Waals surface area contributed by atoms with Crippen molar-refractivity contribution in [2.45, 2.75) is 76.2 Å². The predicted octanol–water partition coefficient (Wildman–Crippen LogP) is 0.247. The molecule has 6 heteroatoms. The van der Waals surface area contributed by atoms with Crippen LogP contribution in [0.15, 0.2) is 0 Å². The van der Waals surface area contributed by atoms with Gasteiger partial charge < -0.3 is 30.3 Å². The van der Waals surface area contributed by atoms with Crippen molar-refractivity contribution >= 4 is 0 Å². The Morgan fingerprint density at radius 1 is 1.19 bits per heavy atom. The van der Waals surface area contributed by atoms with Crippen molar-refractivity contribution in [1.29, 1.82) is 0 Å². The lowest BCUT2D eigenvalue weighted by Crippen LogP contribution is -2.75. The third kappa shape index (κ3) is 1.37. The molecular formula is C20H32O6. The van der Waals surface area contributed by atoms with Gasteiger partial charge in [-0.15, -0.1) is 0 Å². The Balaban J connectivity index is 1.77. The van der Waals surface area contributed by atoms with E-state index in [1.165, 1.54) is 0 Å². The van der Waals surface area contributed by atoms with E-state index in [2.05, 4.69) is 0 Å². The molecule has 5 rings (SSSR count). The van der Waals surface area contributed by atoms with Gasteiger partial charge in [0.1, 0.15) is 5.60 Å². The molecule has 148 valence electrons. The van der Waals surface area contributed by atoms with E-state index in [9.17, 15) is 25.5 Å². The van der Waals surface area contributed by atoms with Crippen LogP contribution in [0.4, 0.5) is 0 Å². The minimum atomic E-state index is -1.53. The van der Waals surface area contributed by atoms with E-state index in [1.54, 1.807) is 0 Å². The van der Waals surface area contributed by atoms with Crippen molar-refractivity contribution in [3.8, 4) is 0 Å². The van der Waals surface area contributed by atoms with Crippen LogP contribution in [-0.4, -0.2) is 61.3 Å². The van der Waals surface area contributed by atoms with Gasteiger partial charge in [-0.25, -0.2) is 0 Å². The first-order valence-electron chi connectivity index (χ1n) is 10.1. The summed E-state index contributed by atoms with van der Waals surface area (Å²) in [5.41, 5.74) is -4.08. The van der Waals surface area contributed by atoms with E-state index >= 15 is 0 Å². The van der Waals surface area contributed by atoms with Gasteiger partial charge in [-0.1, -0.05) is 27.7 Å². The van der Waals surface area contributed by atoms with Gasteiger partial charge in [0.2, 0.25) is 0 Å². The van der Waals surface area contributed by atoms with Crippen molar-refractivity contribution in [2.24, 2.45) is 40.4 Å². The standard InChI is InChI=1S/C20H32O6/c1-9(7-21)11-5-13-16(3)8-19(24)17(11,4)20(13,25)15(26-19)14-10(2)12(22)6-18(14,16)23/h9-15,21-25H,5-8H2,1-4H3/t9?,10?,11-,12-,13-,14-,15+,16?,17+,18+,19?,20+/m0/s1. The molecule has 1 saturated heterocycles. The summed E-state index contributed by atoms with van der Waals surface area (Å²) in [5.74, 6) is -2.57. The summed E-state index contributed by atoms with van der Waals surface area (Å²) in [6.45, 7) is 7.72. The van der Waals surface area contributed by atoms with E-state index < -0.39 is 45.9 Å². The molecule has 0 amide bonds. The molecule has 1 aliphatic heterocycles. The first-order valence-corrected chi connectivity index (χ1v) is 10.1. The first kappa shape index (κ1) is 17.8. The van der Waals surface area contributed by atoms with Crippen LogP contribution in [-0.2, 0) is 4.74 Å². The third-order valence-electron chi connectivity index (χ3n) is 10.1. The molecule has 1 heterocycles. The minimum Gasteiger partial charge on any atom is -0.396 e. The molecule has 0 aromatic heterocycles. The van der Waals surface area contributed by atoms with E-state index in [4.69, 9.17) is 4.74 Å². The maximum atomic E-state index is 12.1. The van der Waals surface area contributed by atoms with Gasteiger partial charge in [0.05, 0.1) is 23.2 Å². The molecule has 0 aromatic rings. The molecule has 4 aliphatic carbocycles. The predicted molar refractivity (Wildman–Crippen MR) is 91.7 cm³/mol. The average molecular weight is 368 g/mol. The number of fused-ring (bicyclic) bond motifs is 3. The minimum absolute atomic E-state index is 0.0106. The largest absolute Gasteiger partial charge is 0.396 e. The lowest BCUT2D eigenvalue weighted by atomic mass is 9.41. The van der Waals surface area contributed by atoms with Gasteiger partial charge in [-0.3, -0.25) is 0 Å². The molecule has 26 heavy (non-hydrogen) atoms. The molecule has 5 N–H and O–H groups in total. The zero-order chi connectivity index (χ0) is 19.1. The molecule has 12 atom stereocenters. The Hall–Kier alpha value is -0.240. The van der Waals surface area contributed by atoms with Crippen molar-refractivity contribution in [2.75, 3.05) is 6.61 Å². The second kappa shape index (κ2) is 4.50. The van der Waals surface area contributed by atoms with E-state index in [0.29, 0.717) is 6.42 Å². The monoisotopic (exact) mass is 368 g/mol. The van der Waals surface area contributed by atoms with Crippen LogP contribution in [0.2, 0.25) is 0 Å². The van der Waals surface area contributed by atoms with Gasteiger partial charge in [0.15, 0.2) is 5.79 Å². The molecule has 4 saturated carbocycles. The summed E-state index contributed by atoms with van der Waals surface area (Å²) in [6.07, 6.45) is -0.186. The molecular weight excluding hydrogens is 336 g/mol. The van der Waals surface area contributed by atoms with Crippen LogP contribution in [0.3, 0.4) is 0 Å². The Labute approximate surface area is 154 Å². The number of aliphatic hydroxyl groups is 5. The highest BCUT2D eigenvalue weighted by atomic mass is 16.7. The topological polar surface area (TPSA) is 110 Å². The fraction of sp³-hybridized carbons (Fsp3) is 1.00. The average Bonchev–Trinajstić information content (AvgIpc) is 2.93. The Kier molecular flexibility index (Phi) is 3.08. The molecule has 5 bridgehead atoms. The van der Waals surface area contributed by atoms with E-state index in [-0.39, 0.29) is 43.1 Å². The fourth-order valence-corrected chi connectivity index (χ4v) is 8.62. The van der Waals surface area contributed by atoms with E-state index in [0.717, 1.165) is 0 Å². The fourth-order valence-electron chi connectivity index (χ4n) is 8.62. The van der Waals surface area contributed by atoms with Gasteiger partial charge in [0, 0.05) is 30.8 Å². The lowest BCUT2D eigenvalue weighted by Gasteiger charge is -2.64. The summed E-state index contributed by atoms with van der Waals surface area (Å²) >= 11 is 0. The second-order valence-electron chi connectivity index (χ2n) is 10.6. The first-order chi connectivity index (χ1) is 11.9. The van der Waals surface area contributed by atoms with Crippen molar-refractivity contribution in [3.63, 3.8) is 0 Å². The van der Waals surface area contributed by atoms with Gasteiger partial charge in [-0.05, 0) is 30.1 Å². The molecule has 5 aliphatic rings. The summed E-state index contributed by atoms with van der Waals surface area (Å²) in [6, 6.07) is 0. The lowest BCUT2D eigenvalue weighted by molar-refractivity contribution is -0.302. The summed E-state index contributed by atoms with van der Waals surface area (Å²) in [4.78, 5) is 0. The maximum Gasteiger partial charge on any atom is 0.175 e. The second-order valence-corrected chi connectivity index (χ2v) is 10.6. The molecule has 6 nitrogen and oxygen atoms in total. The molecule has 5 fully saturated rings. The molecule has 0 radical (unpaired) electrons. The zero-order valence-corrected chi connectivity index (χ0v) is 16.0. The zero-order valence-electron chi connectivity index (χ0n) is 16.0. The Bertz CT molecular complexity index is 671. The van der Waals surface area contributed by atoms with Crippen molar-refractivity contribution in [3.05, 3.63) is 0 Å². The van der Waals surface area contributed by atoms with Crippen LogP contribution in [0.5, 0.6) is 0 Å². The number of ether oxygens (including phenoxy) is 1. The number of rotatable bonds is 2. The van der Waals surface area contributed by atoms with Crippen LogP contribution in [0.25, 0.3) is 0 Å². The maximum absolute atomic E-state index is 12.1. The summed E-state index contributed by atoms with van der Waals surface area (Å²) in [5, 5.41) is 56.0. The SMILES string of the molecule is CC1[C@@H](O)C[C@@]2(O)[C@@H]1[C@H]1OC3(O)CC2(C)[C@@H]2C[C@@H](C(C)CO)[C@@]3(C)[C@]12O. The molecule has 0 spiro atoms. The molecule has 0 aromatic carbocycles. The van der Waals surface area contributed by atoms with Crippen LogP contribution in [0.1, 0.15) is 47.0 Å². The van der Waals surface area contributed by atoms with Gasteiger partial charge in [-0.2, -0.15) is 0 Å². The van der Waals surface area contributed by atoms with Gasteiger partial charge >= 0.3 is 0 Å². The number of hydrogen-bond acceptors (Lipinski definition) is 6. The van der Waals surface area contributed by atoms with E-state index in [1.807, 2.05) is 27.7 Å². The highest BCUT2D eigenvalue weighted by Crippen LogP contribution is 2.83. The highest BCUT2D eigenvalue weighted by molar-refractivity contribution is 5.38.